The van der Waals surface area contributed by atoms with Crippen LogP contribution in [-0.2, 0) is 0 Å². The standard InChI is InChI=1S/C16H13Cl2NO2/c1-2-7-21-15-5-3-11(4-6-15)16(20)19-14-9-12(17)8-13(18)10-14/h2-6,8-10H,1,7H2,(H,19,20). The molecular weight excluding hydrogens is 309 g/mol. The fourth-order valence-corrected chi connectivity index (χ4v) is 2.21. The highest BCUT2D eigenvalue weighted by Gasteiger charge is 2.07. The molecule has 0 aliphatic carbocycles. The van der Waals surface area contributed by atoms with E-state index in [0.29, 0.717) is 33.7 Å². The smallest absolute Gasteiger partial charge is 0.255 e. The van der Waals surface area contributed by atoms with E-state index in [-0.39, 0.29) is 5.91 Å². The zero-order valence-electron chi connectivity index (χ0n) is 11.1. The Hall–Kier alpha value is -1.97. The van der Waals surface area contributed by atoms with Gasteiger partial charge in [-0.1, -0.05) is 35.9 Å². The molecule has 0 spiro atoms. The lowest BCUT2D eigenvalue weighted by atomic mass is 10.2. The van der Waals surface area contributed by atoms with Crippen LogP contribution in [0.2, 0.25) is 10.0 Å². The van der Waals surface area contributed by atoms with Crippen molar-refractivity contribution in [3.05, 3.63) is 70.7 Å². The Bertz CT molecular complexity index is 634. The van der Waals surface area contributed by atoms with E-state index in [4.69, 9.17) is 27.9 Å². The number of hydrogen-bond donors (Lipinski definition) is 1. The van der Waals surface area contributed by atoms with Gasteiger partial charge in [0, 0.05) is 21.3 Å². The van der Waals surface area contributed by atoms with Crippen LogP contribution in [0.5, 0.6) is 5.75 Å². The number of rotatable bonds is 5. The molecule has 0 heterocycles. The molecule has 5 heteroatoms. The average molecular weight is 322 g/mol. The van der Waals surface area contributed by atoms with Crippen molar-refractivity contribution >= 4 is 34.8 Å². The van der Waals surface area contributed by atoms with E-state index in [1.165, 1.54) is 0 Å². The maximum absolute atomic E-state index is 12.1. The van der Waals surface area contributed by atoms with Gasteiger partial charge in [-0.05, 0) is 42.5 Å². The predicted octanol–water partition coefficient (Wildman–Crippen LogP) is 4.81. The first-order valence-electron chi connectivity index (χ1n) is 6.19. The summed E-state index contributed by atoms with van der Waals surface area (Å²) in [5.74, 6) is 0.431. The molecule has 0 atom stereocenters. The molecule has 21 heavy (non-hydrogen) atoms. The number of amides is 1. The SMILES string of the molecule is C=CCOc1ccc(C(=O)Nc2cc(Cl)cc(Cl)c2)cc1. The number of nitrogens with one attached hydrogen (secondary N) is 1. The van der Waals surface area contributed by atoms with Gasteiger partial charge < -0.3 is 10.1 Å². The van der Waals surface area contributed by atoms with Gasteiger partial charge in [0.1, 0.15) is 12.4 Å². The quantitative estimate of drug-likeness (QED) is 0.802. The summed E-state index contributed by atoms with van der Waals surface area (Å²) in [6.07, 6.45) is 1.66. The second kappa shape index (κ2) is 7.16. The van der Waals surface area contributed by atoms with Crippen LogP contribution < -0.4 is 10.1 Å². The minimum absolute atomic E-state index is 0.247. The summed E-state index contributed by atoms with van der Waals surface area (Å²) in [7, 11) is 0. The third kappa shape index (κ3) is 4.52. The van der Waals surface area contributed by atoms with E-state index in [1.807, 2.05) is 0 Å². The summed E-state index contributed by atoms with van der Waals surface area (Å²) < 4.78 is 5.35. The Morgan fingerprint density at radius 3 is 2.33 bits per heavy atom. The second-order valence-corrected chi connectivity index (χ2v) is 5.11. The number of hydrogen-bond acceptors (Lipinski definition) is 2. The molecule has 0 aliphatic heterocycles. The zero-order chi connectivity index (χ0) is 15.2. The van der Waals surface area contributed by atoms with Crippen LogP contribution in [0.25, 0.3) is 0 Å². The second-order valence-electron chi connectivity index (χ2n) is 4.24. The molecule has 0 bridgehead atoms. The highest BCUT2D eigenvalue weighted by molar-refractivity contribution is 6.35. The van der Waals surface area contributed by atoms with Crippen LogP contribution in [0.4, 0.5) is 5.69 Å². The molecule has 0 saturated heterocycles. The van der Waals surface area contributed by atoms with Gasteiger partial charge in [0.2, 0.25) is 0 Å². The Balaban J connectivity index is 2.07. The van der Waals surface area contributed by atoms with E-state index < -0.39 is 0 Å². The third-order valence-corrected chi connectivity index (χ3v) is 3.04. The third-order valence-electron chi connectivity index (χ3n) is 2.60. The van der Waals surface area contributed by atoms with Crippen molar-refractivity contribution in [1.29, 1.82) is 0 Å². The van der Waals surface area contributed by atoms with E-state index in [1.54, 1.807) is 48.5 Å². The van der Waals surface area contributed by atoms with Crippen molar-refractivity contribution < 1.29 is 9.53 Å². The van der Waals surface area contributed by atoms with Crippen LogP contribution in [0.15, 0.2) is 55.1 Å². The van der Waals surface area contributed by atoms with Gasteiger partial charge in [0.25, 0.3) is 5.91 Å². The molecule has 2 aromatic carbocycles. The largest absolute Gasteiger partial charge is 0.490 e. The molecule has 0 aliphatic rings. The van der Waals surface area contributed by atoms with Crippen LogP contribution >= 0.6 is 23.2 Å². The fraction of sp³-hybridized carbons (Fsp3) is 0.0625. The highest BCUT2D eigenvalue weighted by atomic mass is 35.5. The lowest BCUT2D eigenvalue weighted by Gasteiger charge is -2.07. The van der Waals surface area contributed by atoms with Gasteiger partial charge in [0.15, 0.2) is 0 Å². The summed E-state index contributed by atoms with van der Waals surface area (Å²) >= 11 is 11.8. The fourth-order valence-electron chi connectivity index (χ4n) is 1.69. The maximum Gasteiger partial charge on any atom is 0.255 e. The van der Waals surface area contributed by atoms with Crippen molar-refractivity contribution in [2.45, 2.75) is 0 Å². The Labute approximate surface area is 133 Å². The number of benzene rings is 2. The molecule has 0 unspecified atom stereocenters. The molecular formula is C16H13Cl2NO2. The average Bonchev–Trinajstić information content (AvgIpc) is 2.44. The summed E-state index contributed by atoms with van der Waals surface area (Å²) in [4.78, 5) is 12.1. The van der Waals surface area contributed by atoms with E-state index >= 15 is 0 Å². The van der Waals surface area contributed by atoms with Crippen LogP contribution in [-0.4, -0.2) is 12.5 Å². The van der Waals surface area contributed by atoms with E-state index in [9.17, 15) is 4.79 Å². The van der Waals surface area contributed by atoms with E-state index in [2.05, 4.69) is 11.9 Å². The molecule has 1 N–H and O–H groups in total. The monoisotopic (exact) mass is 321 g/mol. The van der Waals surface area contributed by atoms with Gasteiger partial charge in [-0.25, -0.2) is 0 Å². The minimum atomic E-state index is -0.247. The van der Waals surface area contributed by atoms with Crippen molar-refractivity contribution in [1.82, 2.24) is 0 Å². The first kappa shape index (κ1) is 15.4. The van der Waals surface area contributed by atoms with Gasteiger partial charge in [0.05, 0.1) is 0 Å². The molecule has 0 aromatic heterocycles. The summed E-state index contributed by atoms with van der Waals surface area (Å²) in [5, 5.41) is 3.67. The van der Waals surface area contributed by atoms with Crippen molar-refractivity contribution in [2.24, 2.45) is 0 Å². The van der Waals surface area contributed by atoms with Crippen LogP contribution in [0.1, 0.15) is 10.4 Å². The molecule has 108 valence electrons. The van der Waals surface area contributed by atoms with Gasteiger partial charge in [-0.15, -0.1) is 0 Å². The first-order valence-corrected chi connectivity index (χ1v) is 6.95. The molecule has 0 saturated carbocycles. The van der Waals surface area contributed by atoms with Crippen molar-refractivity contribution in [3.8, 4) is 5.75 Å². The van der Waals surface area contributed by atoms with Crippen LogP contribution in [0, 0.1) is 0 Å². The first-order chi connectivity index (χ1) is 10.1. The van der Waals surface area contributed by atoms with Gasteiger partial charge in [-0.2, -0.15) is 0 Å². The summed E-state index contributed by atoms with van der Waals surface area (Å²) in [6, 6.07) is 11.7. The number of halogens is 2. The molecule has 2 rings (SSSR count). The van der Waals surface area contributed by atoms with E-state index in [0.717, 1.165) is 0 Å². The summed E-state index contributed by atoms with van der Waals surface area (Å²) in [5.41, 5.74) is 1.06. The minimum Gasteiger partial charge on any atom is -0.490 e. The number of ether oxygens (including phenoxy) is 1. The van der Waals surface area contributed by atoms with Crippen molar-refractivity contribution in [2.75, 3.05) is 11.9 Å². The lowest BCUT2D eigenvalue weighted by molar-refractivity contribution is 0.102. The van der Waals surface area contributed by atoms with Gasteiger partial charge in [-0.3, -0.25) is 4.79 Å². The number of anilines is 1. The Kier molecular flexibility index (Phi) is 5.26. The predicted molar refractivity (Wildman–Crippen MR) is 86.5 cm³/mol. The number of carbonyl (C=O) groups excluding carboxylic acids is 1. The molecule has 0 fully saturated rings. The zero-order valence-corrected chi connectivity index (χ0v) is 12.6. The molecule has 0 radical (unpaired) electrons. The number of carbonyl (C=O) groups is 1. The molecule has 2 aromatic rings. The molecule has 3 nitrogen and oxygen atoms in total. The molecule has 1 amide bonds. The topological polar surface area (TPSA) is 38.3 Å². The van der Waals surface area contributed by atoms with Crippen LogP contribution in [0.3, 0.4) is 0 Å². The maximum atomic E-state index is 12.1. The highest BCUT2D eigenvalue weighted by Crippen LogP contribution is 2.23. The normalized spacial score (nSPS) is 10.0. The van der Waals surface area contributed by atoms with Crippen molar-refractivity contribution in [3.63, 3.8) is 0 Å². The lowest BCUT2D eigenvalue weighted by Crippen LogP contribution is -2.11. The van der Waals surface area contributed by atoms with Gasteiger partial charge >= 0.3 is 0 Å². The Morgan fingerprint density at radius 2 is 1.76 bits per heavy atom. The Morgan fingerprint density at radius 1 is 1.14 bits per heavy atom. The summed E-state index contributed by atoms with van der Waals surface area (Å²) in [6.45, 7) is 4.00.